The molecule has 2 aromatic carbocycles. The number of amides is 1. The first kappa shape index (κ1) is 15.1. The number of fused-ring (bicyclic) bond motifs is 1. The molecule has 1 aliphatic rings. The number of hydrogen-bond donors (Lipinski definition) is 1. The van der Waals surface area contributed by atoms with Gasteiger partial charge >= 0.3 is 0 Å². The van der Waals surface area contributed by atoms with Crippen LogP contribution >= 0.6 is 15.9 Å². The van der Waals surface area contributed by atoms with E-state index in [1.54, 1.807) is 18.2 Å². The van der Waals surface area contributed by atoms with Crippen LogP contribution in [-0.2, 0) is 4.79 Å². The fourth-order valence-corrected chi connectivity index (χ4v) is 2.31. The minimum atomic E-state index is -0.478. The van der Waals surface area contributed by atoms with Gasteiger partial charge in [0.15, 0.2) is 11.5 Å². The van der Waals surface area contributed by atoms with Crippen molar-refractivity contribution >= 4 is 33.6 Å². The Morgan fingerprint density at radius 3 is 2.65 bits per heavy atom. The highest BCUT2D eigenvalue weighted by atomic mass is 79.9. The number of halogens is 1. The van der Waals surface area contributed by atoms with Gasteiger partial charge < -0.3 is 14.8 Å². The van der Waals surface area contributed by atoms with Gasteiger partial charge in [-0.1, -0.05) is 28.1 Å². The average Bonchev–Trinajstić information content (AvgIpc) is 3.02. The second-order valence-electron chi connectivity index (χ2n) is 4.74. The van der Waals surface area contributed by atoms with E-state index in [0.717, 1.165) is 10.0 Å². The Labute approximate surface area is 141 Å². The van der Waals surface area contributed by atoms with E-state index in [1.807, 2.05) is 30.3 Å². The van der Waals surface area contributed by atoms with Gasteiger partial charge in [-0.25, -0.2) is 0 Å². The van der Waals surface area contributed by atoms with E-state index < -0.39 is 5.91 Å². The van der Waals surface area contributed by atoms with Crippen molar-refractivity contribution in [1.29, 1.82) is 5.26 Å². The lowest BCUT2D eigenvalue weighted by molar-refractivity contribution is -0.112. The first-order valence-electron chi connectivity index (χ1n) is 6.74. The van der Waals surface area contributed by atoms with E-state index in [-0.39, 0.29) is 12.4 Å². The van der Waals surface area contributed by atoms with Gasteiger partial charge in [0.2, 0.25) is 6.79 Å². The topological polar surface area (TPSA) is 71.4 Å². The Morgan fingerprint density at radius 1 is 1.17 bits per heavy atom. The SMILES string of the molecule is N#C/C(=C\c1ccc(Br)cc1)C(=O)Nc1ccc2c(c1)OCO2. The Hall–Kier alpha value is -2.78. The molecule has 0 aromatic heterocycles. The Balaban J connectivity index is 1.78. The third-order valence-electron chi connectivity index (χ3n) is 3.18. The molecular formula is C17H11BrN2O3. The number of nitriles is 1. The van der Waals surface area contributed by atoms with Crippen molar-refractivity contribution in [3.8, 4) is 17.6 Å². The Kier molecular flexibility index (Phi) is 4.31. The molecule has 0 saturated carbocycles. The monoisotopic (exact) mass is 370 g/mol. The van der Waals surface area contributed by atoms with Crippen molar-refractivity contribution in [1.82, 2.24) is 0 Å². The van der Waals surface area contributed by atoms with Gasteiger partial charge in [-0.05, 0) is 35.9 Å². The predicted octanol–water partition coefficient (Wildman–Crippen LogP) is 3.72. The molecule has 0 aliphatic carbocycles. The van der Waals surface area contributed by atoms with Crippen molar-refractivity contribution in [3.63, 3.8) is 0 Å². The minimum Gasteiger partial charge on any atom is -0.454 e. The molecular weight excluding hydrogens is 360 g/mol. The van der Waals surface area contributed by atoms with Crippen molar-refractivity contribution in [2.75, 3.05) is 12.1 Å². The number of rotatable bonds is 3. The van der Waals surface area contributed by atoms with E-state index >= 15 is 0 Å². The molecule has 1 amide bonds. The van der Waals surface area contributed by atoms with Crippen LogP contribution in [0.25, 0.3) is 6.08 Å². The molecule has 0 fully saturated rings. The standard InChI is InChI=1S/C17H11BrN2O3/c18-13-3-1-11(2-4-13)7-12(9-19)17(21)20-14-5-6-15-16(8-14)23-10-22-15/h1-8H,10H2,(H,20,21)/b12-7+. The first-order chi connectivity index (χ1) is 11.2. The molecule has 0 saturated heterocycles. The number of carbonyl (C=O) groups is 1. The highest BCUT2D eigenvalue weighted by Crippen LogP contribution is 2.34. The second-order valence-corrected chi connectivity index (χ2v) is 5.66. The number of hydrogen-bond acceptors (Lipinski definition) is 4. The first-order valence-corrected chi connectivity index (χ1v) is 7.53. The molecule has 0 unspecified atom stereocenters. The largest absolute Gasteiger partial charge is 0.454 e. The summed E-state index contributed by atoms with van der Waals surface area (Å²) in [5.41, 5.74) is 1.33. The van der Waals surface area contributed by atoms with Gasteiger partial charge in [0.1, 0.15) is 11.6 Å². The summed E-state index contributed by atoms with van der Waals surface area (Å²) in [6, 6.07) is 14.3. The molecule has 0 bridgehead atoms. The van der Waals surface area contributed by atoms with Crippen molar-refractivity contribution in [2.45, 2.75) is 0 Å². The summed E-state index contributed by atoms with van der Waals surface area (Å²) in [5, 5.41) is 11.9. The second kappa shape index (κ2) is 6.55. The molecule has 114 valence electrons. The Morgan fingerprint density at radius 2 is 1.91 bits per heavy atom. The zero-order chi connectivity index (χ0) is 16.2. The maximum absolute atomic E-state index is 12.2. The van der Waals surface area contributed by atoms with E-state index in [2.05, 4.69) is 21.2 Å². The number of carbonyl (C=O) groups excluding carboxylic acids is 1. The van der Waals surface area contributed by atoms with Crippen LogP contribution in [0.5, 0.6) is 11.5 Å². The molecule has 1 aliphatic heterocycles. The third-order valence-corrected chi connectivity index (χ3v) is 3.71. The molecule has 3 rings (SSSR count). The fraction of sp³-hybridized carbons (Fsp3) is 0.0588. The predicted molar refractivity (Wildman–Crippen MR) is 88.9 cm³/mol. The van der Waals surface area contributed by atoms with Gasteiger partial charge in [0, 0.05) is 16.2 Å². The highest BCUT2D eigenvalue weighted by molar-refractivity contribution is 9.10. The smallest absolute Gasteiger partial charge is 0.266 e. The lowest BCUT2D eigenvalue weighted by atomic mass is 10.1. The quantitative estimate of drug-likeness (QED) is 0.659. The third kappa shape index (κ3) is 3.52. The molecule has 5 nitrogen and oxygen atoms in total. The summed E-state index contributed by atoms with van der Waals surface area (Å²) < 4.78 is 11.4. The maximum atomic E-state index is 12.2. The molecule has 6 heteroatoms. The van der Waals surface area contributed by atoms with Gasteiger partial charge in [0.05, 0.1) is 0 Å². The lowest BCUT2D eigenvalue weighted by Gasteiger charge is -2.05. The number of nitrogens with one attached hydrogen (secondary N) is 1. The molecule has 1 N–H and O–H groups in total. The maximum Gasteiger partial charge on any atom is 0.266 e. The van der Waals surface area contributed by atoms with Gasteiger partial charge in [-0.3, -0.25) is 4.79 Å². The Bertz CT molecular complexity index is 823. The highest BCUT2D eigenvalue weighted by Gasteiger charge is 2.15. The van der Waals surface area contributed by atoms with E-state index in [1.165, 1.54) is 6.08 Å². The van der Waals surface area contributed by atoms with E-state index in [0.29, 0.717) is 17.2 Å². The number of benzene rings is 2. The summed E-state index contributed by atoms with van der Waals surface area (Å²) in [6.07, 6.45) is 1.54. The van der Waals surface area contributed by atoms with Gasteiger partial charge in [-0.15, -0.1) is 0 Å². The summed E-state index contributed by atoms with van der Waals surface area (Å²) in [5.74, 6) is 0.724. The van der Waals surface area contributed by atoms with Crippen LogP contribution in [0.3, 0.4) is 0 Å². The van der Waals surface area contributed by atoms with Crippen LogP contribution < -0.4 is 14.8 Å². The van der Waals surface area contributed by atoms with Gasteiger partial charge in [-0.2, -0.15) is 5.26 Å². The van der Waals surface area contributed by atoms with Crippen molar-refractivity contribution < 1.29 is 14.3 Å². The summed E-state index contributed by atoms with van der Waals surface area (Å²) >= 11 is 3.34. The van der Waals surface area contributed by atoms with E-state index in [9.17, 15) is 10.1 Å². The average molecular weight is 371 g/mol. The molecule has 1 heterocycles. The van der Waals surface area contributed by atoms with Crippen LogP contribution in [0.15, 0.2) is 52.5 Å². The zero-order valence-corrected chi connectivity index (χ0v) is 13.5. The number of nitrogens with zero attached hydrogens (tertiary/aromatic N) is 1. The van der Waals surface area contributed by atoms with Crippen LogP contribution in [-0.4, -0.2) is 12.7 Å². The zero-order valence-electron chi connectivity index (χ0n) is 11.9. The molecule has 23 heavy (non-hydrogen) atoms. The normalized spacial score (nSPS) is 12.6. The molecule has 0 spiro atoms. The molecule has 0 radical (unpaired) electrons. The van der Waals surface area contributed by atoms with Crippen molar-refractivity contribution in [3.05, 3.63) is 58.1 Å². The molecule has 0 atom stereocenters. The van der Waals surface area contributed by atoms with Crippen LogP contribution in [0.4, 0.5) is 5.69 Å². The summed E-state index contributed by atoms with van der Waals surface area (Å²) in [6.45, 7) is 0.166. The van der Waals surface area contributed by atoms with Gasteiger partial charge in [0.25, 0.3) is 5.91 Å². The lowest BCUT2D eigenvalue weighted by Crippen LogP contribution is -2.13. The molecule has 2 aromatic rings. The van der Waals surface area contributed by atoms with Crippen LogP contribution in [0.2, 0.25) is 0 Å². The fourth-order valence-electron chi connectivity index (χ4n) is 2.05. The van der Waals surface area contributed by atoms with Crippen molar-refractivity contribution in [2.24, 2.45) is 0 Å². The minimum absolute atomic E-state index is 0.0185. The van der Waals surface area contributed by atoms with Crippen LogP contribution in [0, 0.1) is 11.3 Å². The summed E-state index contributed by atoms with van der Waals surface area (Å²) in [7, 11) is 0. The summed E-state index contributed by atoms with van der Waals surface area (Å²) in [4.78, 5) is 12.2. The number of anilines is 1. The number of ether oxygens (including phenoxy) is 2. The van der Waals surface area contributed by atoms with E-state index in [4.69, 9.17) is 9.47 Å². The van der Waals surface area contributed by atoms with Crippen LogP contribution in [0.1, 0.15) is 5.56 Å².